The molecule has 3 rings (SSSR count). The second-order valence-electron chi connectivity index (χ2n) is 5.70. The second kappa shape index (κ2) is 5.39. The summed E-state index contributed by atoms with van der Waals surface area (Å²) in [5, 5.41) is 2.87. The predicted octanol–water partition coefficient (Wildman–Crippen LogP) is 1.92. The van der Waals surface area contributed by atoms with E-state index in [2.05, 4.69) is 9.71 Å². The molecule has 1 fully saturated rings. The average Bonchev–Trinajstić information content (AvgIpc) is 3.26. The fraction of sp³-hybridized carbons (Fsp3) is 0.467. The number of rotatable bonds is 4. The monoisotopic (exact) mass is 321 g/mol. The van der Waals surface area contributed by atoms with Crippen molar-refractivity contribution >= 4 is 27.5 Å². The minimum Gasteiger partial charge on any atom is -0.349 e. The number of hydrogen-bond acceptors (Lipinski definition) is 4. The molecular weight excluding hydrogens is 302 g/mol. The Hall–Kier alpha value is -1.89. The zero-order valence-electron chi connectivity index (χ0n) is 12.7. The van der Waals surface area contributed by atoms with Gasteiger partial charge in [-0.15, -0.1) is 4.40 Å². The average molecular weight is 321 g/mol. The molecule has 0 atom stereocenters. The Labute approximate surface area is 130 Å². The summed E-state index contributed by atoms with van der Waals surface area (Å²) in [6.45, 7) is 4.39. The van der Waals surface area contributed by atoms with Crippen molar-refractivity contribution in [2.75, 3.05) is 11.4 Å². The number of fused-ring (bicyclic) bond motifs is 1. The molecule has 0 aromatic heterocycles. The van der Waals surface area contributed by atoms with E-state index in [0.29, 0.717) is 23.6 Å². The molecular formula is C15H19N3O3S. The van der Waals surface area contributed by atoms with Gasteiger partial charge >= 0.3 is 0 Å². The van der Waals surface area contributed by atoms with E-state index in [1.165, 1.54) is 6.07 Å². The van der Waals surface area contributed by atoms with E-state index >= 15 is 0 Å². The molecule has 6 nitrogen and oxygen atoms in total. The molecule has 0 spiro atoms. The van der Waals surface area contributed by atoms with Gasteiger partial charge < -0.3 is 10.2 Å². The van der Waals surface area contributed by atoms with Crippen LogP contribution >= 0.6 is 0 Å². The highest BCUT2D eigenvalue weighted by molar-refractivity contribution is 7.90. The van der Waals surface area contributed by atoms with Gasteiger partial charge in [0.25, 0.3) is 15.9 Å². The fourth-order valence-electron chi connectivity index (χ4n) is 2.53. The van der Waals surface area contributed by atoms with Crippen LogP contribution in [0.5, 0.6) is 0 Å². The third-order valence-corrected chi connectivity index (χ3v) is 5.18. The van der Waals surface area contributed by atoms with Crippen molar-refractivity contribution in [1.82, 2.24) is 5.32 Å². The molecule has 0 unspecified atom stereocenters. The van der Waals surface area contributed by atoms with Gasteiger partial charge in [-0.25, -0.2) is 0 Å². The zero-order valence-corrected chi connectivity index (χ0v) is 13.5. The van der Waals surface area contributed by atoms with Crippen LogP contribution in [0.4, 0.5) is 5.69 Å². The third-order valence-electron chi connectivity index (χ3n) is 3.79. The quantitative estimate of drug-likeness (QED) is 0.919. The van der Waals surface area contributed by atoms with Crippen molar-refractivity contribution in [2.45, 2.75) is 44.0 Å². The van der Waals surface area contributed by atoms with Crippen LogP contribution in [-0.4, -0.2) is 32.7 Å². The van der Waals surface area contributed by atoms with Gasteiger partial charge in [-0.1, -0.05) is 6.92 Å². The highest BCUT2D eigenvalue weighted by Gasteiger charge is 2.30. The van der Waals surface area contributed by atoms with Crippen LogP contribution in [0.2, 0.25) is 0 Å². The zero-order chi connectivity index (χ0) is 15.9. The molecule has 118 valence electrons. The molecule has 0 saturated heterocycles. The summed E-state index contributed by atoms with van der Waals surface area (Å²) in [5.74, 6) is 0.235. The molecule has 1 heterocycles. The molecule has 1 aromatic carbocycles. The molecule has 1 aliphatic heterocycles. The second-order valence-corrected chi connectivity index (χ2v) is 7.27. The smallest absolute Gasteiger partial charge is 0.286 e. The summed E-state index contributed by atoms with van der Waals surface area (Å²) in [6, 6.07) is 5.04. The van der Waals surface area contributed by atoms with Crippen LogP contribution in [0.3, 0.4) is 0 Å². The number of nitrogens with zero attached hydrogens (tertiary/aromatic N) is 2. The standard InChI is InChI=1S/C15H19N3O3S/c1-3-8-18-10(2)17-22(20,21)14-9-11(4-7-13(14)18)15(19)16-12-5-6-12/h4,7,9,12H,3,5-6,8H2,1-2H3,(H,16,19). The van der Waals surface area contributed by atoms with E-state index in [9.17, 15) is 13.2 Å². The lowest BCUT2D eigenvalue weighted by atomic mass is 10.1. The maximum Gasteiger partial charge on any atom is 0.286 e. The highest BCUT2D eigenvalue weighted by atomic mass is 32.2. The SMILES string of the molecule is CCCN1C(C)=NS(=O)(=O)c2cc(C(=O)NC3CC3)ccc21. The van der Waals surface area contributed by atoms with Crippen LogP contribution in [0.15, 0.2) is 27.5 Å². The number of amidine groups is 1. The summed E-state index contributed by atoms with van der Waals surface area (Å²) >= 11 is 0. The molecule has 1 aliphatic carbocycles. The van der Waals surface area contributed by atoms with Crippen molar-refractivity contribution in [3.8, 4) is 0 Å². The number of carbonyl (C=O) groups excluding carboxylic acids is 1. The molecule has 1 amide bonds. The van der Waals surface area contributed by atoms with E-state index < -0.39 is 10.0 Å². The first-order valence-corrected chi connectivity index (χ1v) is 8.90. The number of hydrogen-bond donors (Lipinski definition) is 1. The van der Waals surface area contributed by atoms with E-state index in [1.54, 1.807) is 19.1 Å². The first kappa shape index (κ1) is 15.0. The summed E-state index contributed by atoms with van der Waals surface area (Å²) in [4.78, 5) is 14.1. The van der Waals surface area contributed by atoms with Crippen LogP contribution < -0.4 is 10.2 Å². The van der Waals surface area contributed by atoms with Crippen molar-refractivity contribution < 1.29 is 13.2 Å². The number of benzene rings is 1. The molecule has 1 N–H and O–H groups in total. The van der Waals surface area contributed by atoms with E-state index in [-0.39, 0.29) is 16.8 Å². The maximum absolute atomic E-state index is 12.3. The maximum atomic E-state index is 12.3. The molecule has 0 bridgehead atoms. The topological polar surface area (TPSA) is 78.8 Å². The number of amides is 1. The van der Waals surface area contributed by atoms with Crippen molar-refractivity contribution in [3.05, 3.63) is 23.8 Å². The first-order valence-electron chi connectivity index (χ1n) is 7.46. The molecule has 7 heteroatoms. The lowest BCUT2D eigenvalue weighted by Gasteiger charge is -2.29. The minimum absolute atomic E-state index is 0.106. The lowest BCUT2D eigenvalue weighted by Crippen LogP contribution is -2.35. The van der Waals surface area contributed by atoms with Gasteiger partial charge in [0.2, 0.25) is 0 Å². The van der Waals surface area contributed by atoms with Gasteiger partial charge in [-0.2, -0.15) is 8.42 Å². The summed E-state index contributed by atoms with van der Waals surface area (Å²) < 4.78 is 28.4. The summed E-state index contributed by atoms with van der Waals surface area (Å²) in [6.07, 6.45) is 2.85. The van der Waals surface area contributed by atoms with Gasteiger partial charge in [0.1, 0.15) is 10.7 Å². The third kappa shape index (κ3) is 2.72. The Bertz CT molecular complexity index is 751. The van der Waals surface area contributed by atoms with Crippen LogP contribution in [0, 0.1) is 0 Å². The van der Waals surface area contributed by atoms with Gasteiger partial charge in [-0.05, 0) is 44.4 Å². The van der Waals surface area contributed by atoms with Gasteiger partial charge in [-0.3, -0.25) is 4.79 Å². The van der Waals surface area contributed by atoms with Crippen molar-refractivity contribution in [2.24, 2.45) is 4.40 Å². The minimum atomic E-state index is -3.75. The van der Waals surface area contributed by atoms with E-state index in [4.69, 9.17) is 0 Å². The molecule has 1 aromatic rings. The first-order chi connectivity index (χ1) is 10.4. The molecule has 22 heavy (non-hydrogen) atoms. The van der Waals surface area contributed by atoms with Crippen LogP contribution in [0.1, 0.15) is 43.5 Å². The fourth-order valence-corrected chi connectivity index (χ4v) is 3.80. The van der Waals surface area contributed by atoms with Gasteiger partial charge in [0, 0.05) is 18.2 Å². The lowest BCUT2D eigenvalue weighted by molar-refractivity contribution is 0.0951. The largest absolute Gasteiger partial charge is 0.349 e. The number of nitrogens with one attached hydrogen (secondary N) is 1. The number of carbonyl (C=O) groups is 1. The van der Waals surface area contributed by atoms with Crippen molar-refractivity contribution in [3.63, 3.8) is 0 Å². The van der Waals surface area contributed by atoms with Gasteiger partial charge in [0.05, 0.1) is 5.69 Å². The van der Waals surface area contributed by atoms with E-state index in [0.717, 1.165) is 19.3 Å². The Morgan fingerprint density at radius 1 is 1.41 bits per heavy atom. The normalized spacial score (nSPS) is 19.4. The van der Waals surface area contributed by atoms with Crippen LogP contribution in [0.25, 0.3) is 0 Å². The Morgan fingerprint density at radius 3 is 2.77 bits per heavy atom. The Balaban J connectivity index is 2.01. The van der Waals surface area contributed by atoms with Crippen molar-refractivity contribution in [1.29, 1.82) is 0 Å². The Kier molecular flexibility index (Phi) is 3.68. The molecule has 1 saturated carbocycles. The molecule has 0 radical (unpaired) electrons. The summed E-state index contributed by atoms with van der Waals surface area (Å²) in [7, 11) is -3.75. The van der Waals surface area contributed by atoms with E-state index in [1.807, 2.05) is 11.8 Å². The predicted molar refractivity (Wildman–Crippen MR) is 84.9 cm³/mol. The number of sulfonamides is 1. The molecule has 2 aliphatic rings. The van der Waals surface area contributed by atoms with Crippen LogP contribution in [-0.2, 0) is 10.0 Å². The number of anilines is 1. The summed E-state index contributed by atoms with van der Waals surface area (Å²) in [5.41, 5.74) is 0.956. The highest BCUT2D eigenvalue weighted by Crippen LogP contribution is 2.32. The Morgan fingerprint density at radius 2 is 2.14 bits per heavy atom. The van der Waals surface area contributed by atoms with Gasteiger partial charge in [0.15, 0.2) is 0 Å².